The fourth-order valence-electron chi connectivity index (χ4n) is 2.17. The molecule has 15 heavy (non-hydrogen) atoms. The first-order chi connectivity index (χ1) is 7.29. The van der Waals surface area contributed by atoms with Crippen LogP contribution in [0.2, 0.25) is 0 Å². The summed E-state index contributed by atoms with van der Waals surface area (Å²) in [4.78, 5) is 5.26. The Morgan fingerprint density at radius 3 is 2.40 bits per heavy atom. The van der Waals surface area contributed by atoms with E-state index in [1.165, 1.54) is 58.3 Å². The second-order valence-corrected chi connectivity index (χ2v) is 5.95. The molecule has 0 aromatic carbocycles. The van der Waals surface area contributed by atoms with Crippen LogP contribution in [0.15, 0.2) is 0 Å². The third-order valence-corrected chi connectivity index (χ3v) is 5.45. The number of hydrogen-bond donors (Lipinski definition) is 0. The molecule has 0 amide bonds. The van der Waals surface area contributed by atoms with Crippen LogP contribution in [-0.4, -0.2) is 38.5 Å². The summed E-state index contributed by atoms with van der Waals surface area (Å²) in [5, 5.41) is 0. The molecule has 86 valence electrons. The van der Waals surface area contributed by atoms with Crippen molar-refractivity contribution >= 4 is 2.55 Å². The van der Waals surface area contributed by atoms with Crippen molar-refractivity contribution in [3.05, 3.63) is 0 Å². The maximum atomic E-state index is 2.65. The van der Waals surface area contributed by atoms with E-state index in [-0.39, 0.29) is 0 Å². The molecule has 1 heterocycles. The van der Waals surface area contributed by atoms with Crippen LogP contribution < -0.4 is 0 Å². The van der Waals surface area contributed by atoms with Gasteiger partial charge in [0, 0.05) is 0 Å². The van der Waals surface area contributed by atoms with Gasteiger partial charge in [-0.3, -0.25) is 0 Å². The number of hydrogen-bond acceptors (Lipinski definition) is 2. The molecule has 1 aliphatic rings. The van der Waals surface area contributed by atoms with E-state index in [0.717, 1.165) is 30.4 Å². The molecule has 2 nitrogen and oxygen atoms in total. The summed E-state index contributed by atoms with van der Waals surface area (Å²) >= 11 is 0.965. The number of nitrogens with zero attached hydrogens (tertiary/aromatic N) is 2. The average Bonchev–Trinajstić information content (AvgIpc) is 2.31. The SMILES string of the molecule is CCCCN(CC)[C](=[YH])N1CCCCC1. The van der Waals surface area contributed by atoms with Crippen LogP contribution in [0.5, 0.6) is 0 Å². The van der Waals surface area contributed by atoms with E-state index in [9.17, 15) is 0 Å². The van der Waals surface area contributed by atoms with Gasteiger partial charge >= 0.3 is 115 Å². The second-order valence-electron chi connectivity index (χ2n) is 4.40. The minimum atomic E-state index is 0.965. The molecule has 0 saturated carbocycles. The van der Waals surface area contributed by atoms with Crippen LogP contribution in [0.25, 0.3) is 0 Å². The van der Waals surface area contributed by atoms with E-state index in [1.54, 1.807) is 2.55 Å². The van der Waals surface area contributed by atoms with Crippen molar-refractivity contribution in [3.63, 3.8) is 0 Å². The zero-order chi connectivity index (χ0) is 11.1. The van der Waals surface area contributed by atoms with Crippen molar-refractivity contribution in [1.29, 1.82) is 0 Å². The van der Waals surface area contributed by atoms with E-state index in [4.69, 9.17) is 0 Å². The second kappa shape index (κ2) is 8.05. The van der Waals surface area contributed by atoms with E-state index in [1.807, 2.05) is 0 Å². The van der Waals surface area contributed by atoms with E-state index in [0.29, 0.717) is 0 Å². The zero-order valence-corrected chi connectivity index (χ0v) is 13.9. The van der Waals surface area contributed by atoms with Crippen LogP contribution in [0.4, 0.5) is 0 Å². The number of rotatable bonds is 6. The Kier molecular flexibility index (Phi) is 7.49. The first kappa shape index (κ1) is 14.0. The molecule has 0 unspecified atom stereocenters. The fraction of sp³-hybridized carbons (Fsp3) is 0.917. The topological polar surface area (TPSA) is 6.48 Å². The van der Waals surface area contributed by atoms with Crippen molar-refractivity contribution in [3.8, 4) is 0 Å². The van der Waals surface area contributed by atoms with Gasteiger partial charge in [-0.2, -0.15) is 0 Å². The Morgan fingerprint density at radius 1 is 1.20 bits per heavy atom. The summed E-state index contributed by atoms with van der Waals surface area (Å²) in [5.74, 6) is 0. The zero-order valence-electron chi connectivity index (χ0n) is 10.5. The molecular weight excluding hydrogens is 261 g/mol. The van der Waals surface area contributed by atoms with Crippen LogP contribution in [-0.2, 0) is 30.4 Å². The molecule has 0 bridgehead atoms. The van der Waals surface area contributed by atoms with Crippen molar-refractivity contribution in [2.45, 2.75) is 46.0 Å². The molecule has 1 rings (SSSR count). The molecule has 0 atom stereocenters. The van der Waals surface area contributed by atoms with Crippen LogP contribution >= 0.6 is 0 Å². The van der Waals surface area contributed by atoms with Gasteiger partial charge in [0.1, 0.15) is 0 Å². The molecule has 1 saturated heterocycles. The number of likely N-dealkylation sites (tertiary alicyclic amines) is 1. The monoisotopic (exact) mass is 286 g/mol. The molecule has 0 radical (unpaired) electrons. The standard InChI is InChI=1S/C12H24N2.Y.H/c1-3-5-9-13(4-2)12-14-10-7-6-8-11-14;;/h3-11H2,1-2H3;;. The number of piperidine rings is 1. The van der Waals surface area contributed by atoms with Gasteiger partial charge in [0.25, 0.3) is 0 Å². The van der Waals surface area contributed by atoms with Crippen LogP contribution in [0, 0.1) is 0 Å². The van der Waals surface area contributed by atoms with Gasteiger partial charge in [-0.15, -0.1) is 0 Å². The first-order valence-electron chi connectivity index (χ1n) is 6.48. The first-order valence-corrected chi connectivity index (χ1v) is 8.22. The van der Waals surface area contributed by atoms with E-state index in [2.05, 4.69) is 23.6 Å². The molecule has 0 aromatic rings. The molecule has 1 fully saturated rings. The van der Waals surface area contributed by atoms with Crippen LogP contribution in [0.3, 0.4) is 0 Å². The molecule has 1 aliphatic heterocycles. The maximum absolute atomic E-state index is 2.65. The predicted molar refractivity (Wildman–Crippen MR) is 64.0 cm³/mol. The summed E-state index contributed by atoms with van der Waals surface area (Å²) in [5.41, 5.74) is 0. The Morgan fingerprint density at radius 2 is 1.87 bits per heavy atom. The summed E-state index contributed by atoms with van der Waals surface area (Å²) in [6, 6.07) is 0. The van der Waals surface area contributed by atoms with Crippen molar-refractivity contribution < 1.29 is 30.4 Å². The third kappa shape index (κ3) is 4.72. The molecule has 0 aliphatic carbocycles. The van der Waals surface area contributed by atoms with Gasteiger partial charge in [-0.1, -0.05) is 0 Å². The average molecular weight is 286 g/mol. The molecule has 3 heteroatoms. The Hall–Kier alpha value is 0.894. The van der Waals surface area contributed by atoms with Gasteiger partial charge < -0.3 is 0 Å². The Labute approximate surface area is 114 Å². The Bertz CT molecular complexity index is 188. The fourth-order valence-corrected chi connectivity index (χ4v) is 3.89. The Balaban J connectivity index is 2.40. The predicted octanol–water partition coefficient (Wildman–Crippen LogP) is 1.96. The van der Waals surface area contributed by atoms with Gasteiger partial charge in [0.2, 0.25) is 0 Å². The minimum absolute atomic E-state index is 0.965. The van der Waals surface area contributed by atoms with Crippen molar-refractivity contribution in [1.82, 2.24) is 9.80 Å². The van der Waals surface area contributed by atoms with Gasteiger partial charge in [-0.05, 0) is 0 Å². The van der Waals surface area contributed by atoms with Gasteiger partial charge in [0.15, 0.2) is 0 Å². The van der Waals surface area contributed by atoms with Gasteiger partial charge in [0.05, 0.1) is 0 Å². The summed E-state index contributed by atoms with van der Waals surface area (Å²) in [6.07, 6.45) is 6.91. The molecule has 0 spiro atoms. The normalized spacial score (nSPS) is 18.3. The van der Waals surface area contributed by atoms with Crippen molar-refractivity contribution in [2.24, 2.45) is 0 Å². The van der Waals surface area contributed by atoms with E-state index >= 15 is 0 Å². The quantitative estimate of drug-likeness (QED) is 0.736. The van der Waals surface area contributed by atoms with Crippen molar-refractivity contribution in [2.75, 3.05) is 26.2 Å². The van der Waals surface area contributed by atoms with Gasteiger partial charge in [-0.25, -0.2) is 0 Å². The summed E-state index contributed by atoms with van der Waals surface area (Å²) in [7, 11) is 0. The summed E-state index contributed by atoms with van der Waals surface area (Å²) < 4.78 is 1.68. The van der Waals surface area contributed by atoms with Crippen LogP contribution in [0.1, 0.15) is 46.0 Å². The molecular formula is C12H25N2Y. The third-order valence-electron chi connectivity index (χ3n) is 3.25. The molecule has 0 N–H and O–H groups in total. The molecule has 0 aromatic heterocycles. The van der Waals surface area contributed by atoms with E-state index < -0.39 is 0 Å². The number of unbranched alkanes of at least 4 members (excludes halogenated alkanes) is 1. The summed E-state index contributed by atoms with van der Waals surface area (Å²) in [6.45, 7) is 9.68.